The molecule has 1 fully saturated rings. The van der Waals surface area contributed by atoms with Gasteiger partial charge < -0.3 is 4.90 Å². The molecular formula is C8H13NOS. The normalized spacial score (nSPS) is 18.9. The summed E-state index contributed by atoms with van der Waals surface area (Å²) in [4.78, 5) is 13.0. The van der Waals surface area contributed by atoms with E-state index in [1.807, 2.05) is 16.6 Å². The van der Waals surface area contributed by atoms with E-state index < -0.39 is 0 Å². The Morgan fingerprint density at radius 1 is 1.64 bits per heavy atom. The summed E-state index contributed by atoms with van der Waals surface area (Å²) in [6.07, 6.45) is 3.58. The zero-order valence-corrected chi connectivity index (χ0v) is 7.73. The third-order valence-electron chi connectivity index (χ3n) is 1.72. The number of hydrogen-bond donors (Lipinski definition) is 0. The van der Waals surface area contributed by atoms with Gasteiger partial charge in [0, 0.05) is 19.2 Å². The number of carbonyl (C=O) groups is 1. The molecule has 62 valence electrons. The minimum atomic E-state index is 0.150. The van der Waals surface area contributed by atoms with Crippen LogP contribution in [0.5, 0.6) is 0 Å². The molecule has 0 aliphatic carbocycles. The van der Waals surface area contributed by atoms with Gasteiger partial charge in [-0.15, -0.1) is 11.8 Å². The van der Waals surface area contributed by atoms with Crippen molar-refractivity contribution in [3.8, 4) is 0 Å². The summed E-state index contributed by atoms with van der Waals surface area (Å²) >= 11 is 1.55. The highest BCUT2D eigenvalue weighted by Crippen LogP contribution is 2.14. The summed E-state index contributed by atoms with van der Waals surface area (Å²) in [6.45, 7) is 4.01. The number of likely N-dealkylation sites (tertiary alicyclic amines) is 1. The molecular weight excluding hydrogens is 158 g/mol. The molecule has 1 aliphatic rings. The lowest BCUT2D eigenvalue weighted by Gasteiger charge is -2.36. The van der Waals surface area contributed by atoms with Crippen LogP contribution in [0, 0.1) is 5.92 Å². The standard InChI is InChI=1S/C8H13NOS/c1-7-5-9(6-7)8(10)3-4-11-2/h3-4,7H,5-6H2,1-2H3/b4-3+. The Morgan fingerprint density at radius 3 is 2.73 bits per heavy atom. The van der Waals surface area contributed by atoms with Crippen molar-refractivity contribution in [1.29, 1.82) is 0 Å². The molecule has 0 saturated carbocycles. The zero-order valence-electron chi connectivity index (χ0n) is 6.91. The van der Waals surface area contributed by atoms with Crippen LogP contribution in [-0.2, 0) is 4.79 Å². The topological polar surface area (TPSA) is 20.3 Å². The maximum absolute atomic E-state index is 11.2. The van der Waals surface area contributed by atoms with E-state index in [9.17, 15) is 4.79 Å². The third kappa shape index (κ3) is 2.26. The predicted molar refractivity (Wildman–Crippen MR) is 48.4 cm³/mol. The highest BCUT2D eigenvalue weighted by Gasteiger charge is 2.24. The molecule has 1 aliphatic heterocycles. The Labute approximate surface area is 71.6 Å². The van der Waals surface area contributed by atoms with Crippen molar-refractivity contribution in [2.24, 2.45) is 5.92 Å². The van der Waals surface area contributed by atoms with E-state index in [0.717, 1.165) is 13.1 Å². The first kappa shape index (κ1) is 8.65. The number of rotatable bonds is 2. The van der Waals surface area contributed by atoms with Crippen molar-refractivity contribution < 1.29 is 4.79 Å². The van der Waals surface area contributed by atoms with Crippen LogP contribution in [-0.4, -0.2) is 30.2 Å². The van der Waals surface area contributed by atoms with E-state index in [4.69, 9.17) is 0 Å². The van der Waals surface area contributed by atoms with Gasteiger partial charge in [0.15, 0.2) is 0 Å². The summed E-state index contributed by atoms with van der Waals surface area (Å²) in [5, 5.41) is 1.82. The summed E-state index contributed by atoms with van der Waals surface area (Å²) in [6, 6.07) is 0. The second kappa shape index (κ2) is 3.81. The van der Waals surface area contributed by atoms with Gasteiger partial charge in [0.1, 0.15) is 0 Å². The van der Waals surface area contributed by atoms with Gasteiger partial charge in [0.2, 0.25) is 5.91 Å². The summed E-state index contributed by atoms with van der Waals surface area (Å²) in [7, 11) is 0. The number of amides is 1. The fourth-order valence-corrected chi connectivity index (χ4v) is 1.36. The fraction of sp³-hybridized carbons (Fsp3) is 0.625. The Balaban J connectivity index is 2.26. The molecule has 3 heteroatoms. The van der Waals surface area contributed by atoms with Gasteiger partial charge in [-0.25, -0.2) is 0 Å². The summed E-state index contributed by atoms with van der Waals surface area (Å²) in [5.74, 6) is 0.846. The molecule has 11 heavy (non-hydrogen) atoms. The molecule has 1 rings (SSSR count). The van der Waals surface area contributed by atoms with Crippen LogP contribution in [0.15, 0.2) is 11.5 Å². The van der Waals surface area contributed by atoms with E-state index in [1.165, 1.54) is 0 Å². The molecule has 0 N–H and O–H groups in total. The molecule has 1 amide bonds. The molecule has 0 atom stereocenters. The van der Waals surface area contributed by atoms with Crippen LogP contribution in [0.1, 0.15) is 6.92 Å². The lowest BCUT2D eigenvalue weighted by Crippen LogP contribution is -2.47. The Kier molecular flexibility index (Phi) is 3.00. The monoisotopic (exact) mass is 171 g/mol. The smallest absolute Gasteiger partial charge is 0.247 e. The highest BCUT2D eigenvalue weighted by atomic mass is 32.2. The van der Waals surface area contributed by atoms with Crippen LogP contribution >= 0.6 is 11.8 Å². The van der Waals surface area contributed by atoms with E-state index in [0.29, 0.717) is 5.92 Å². The Morgan fingerprint density at radius 2 is 2.27 bits per heavy atom. The molecule has 0 aromatic carbocycles. The molecule has 0 aromatic rings. The van der Waals surface area contributed by atoms with Gasteiger partial charge in [0.05, 0.1) is 0 Å². The van der Waals surface area contributed by atoms with Gasteiger partial charge in [-0.1, -0.05) is 6.92 Å². The lowest BCUT2D eigenvalue weighted by molar-refractivity contribution is -0.131. The molecule has 2 nitrogen and oxygen atoms in total. The molecule has 0 unspecified atom stereocenters. The first-order valence-corrected chi connectivity index (χ1v) is 5.01. The van der Waals surface area contributed by atoms with Crippen LogP contribution in [0.4, 0.5) is 0 Å². The lowest BCUT2D eigenvalue weighted by atomic mass is 10.0. The Hall–Kier alpha value is -0.440. The molecule has 1 saturated heterocycles. The van der Waals surface area contributed by atoms with Gasteiger partial charge in [-0.3, -0.25) is 4.79 Å². The van der Waals surface area contributed by atoms with Crippen molar-refractivity contribution in [3.63, 3.8) is 0 Å². The van der Waals surface area contributed by atoms with Crippen molar-refractivity contribution in [3.05, 3.63) is 11.5 Å². The molecule has 0 radical (unpaired) electrons. The maximum Gasteiger partial charge on any atom is 0.247 e. The van der Waals surface area contributed by atoms with Crippen LogP contribution in [0.2, 0.25) is 0 Å². The number of thioether (sulfide) groups is 1. The maximum atomic E-state index is 11.2. The molecule has 0 spiro atoms. The predicted octanol–water partition coefficient (Wildman–Crippen LogP) is 1.34. The average molecular weight is 171 g/mol. The van der Waals surface area contributed by atoms with E-state index in [-0.39, 0.29) is 5.91 Å². The van der Waals surface area contributed by atoms with Crippen molar-refractivity contribution in [2.45, 2.75) is 6.92 Å². The quantitative estimate of drug-likeness (QED) is 0.584. The van der Waals surface area contributed by atoms with Crippen LogP contribution in [0.3, 0.4) is 0 Å². The Bertz CT molecular complexity index is 173. The number of hydrogen-bond acceptors (Lipinski definition) is 2. The number of carbonyl (C=O) groups excluding carboxylic acids is 1. The van der Waals surface area contributed by atoms with E-state index in [2.05, 4.69) is 6.92 Å². The molecule has 0 aromatic heterocycles. The van der Waals surface area contributed by atoms with Gasteiger partial charge in [0.25, 0.3) is 0 Å². The molecule has 0 bridgehead atoms. The van der Waals surface area contributed by atoms with Crippen molar-refractivity contribution in [1.82, 2.24) is 4.90 Å². The highest BCUT2D eigenvalue weighted by molar-refractivity contribution is 8.01. The second-order valence-corrected chi connectivity index (χ2v) is 3.63. The first-order chi connectivity index (χ1) is 5.24. The molecule has 1 heterocycles. The van der Waals surface area contributed by atoms with Gasteiger partial charge in [-0.05, 0) is 17.6 Å². The van der Waals surface area contributed by atoms with E-state index in [1.54, 1.807) is 17.8 Å². The minimum absolute atomic E-state index is 0.150. The first-order valence-electron chi connectivity index (χ1n) is 3.72. The zero-order chi connectivity index (χ0) is 8.27. The van der Waals surface area contributed by atoms with Gasteiger partial charge in [-0.2, -0.15) is 0 Å². The third-order valence-corrected chi connectivity index (χ3v) is 2.13. The van der Waals surface area contributed by atoms with E-state index >= 15 is 0 Å². The fourth-order valence-electron chi connectivity index (χ4n) is 1.11. The van der Waals surface area contributed by atoms with Crippen LogP contribution in [0.25, 0.3) is 0 Å². The van der Waals surface area contributed by atoms with Gasteiger partial charge >= 0.3 is 0 Å². The van der Waals surface area contributed by atoms with Crippen molar-refractivity contribution in [2.75, 3.05) is 19.3 Å². The summed E-state index contributed by atoms with van der Waals surface area (Å²) < 4.78 is 0. The van der Waals surface area contributed by atoms with Crippen molar-refractivity contribution >= 4 is 17.7 Å². The largest absolute Gasteiger partial charge is 0.338 e. The second-order valence-electron chi connectivity index (χ2n) is 2.89. The number of nitrogens with zero attached hydrogens (tertiary/aromatic N) is 1. The summed E-state index contributed by atoms with van der Waals surface area (Å²) in [5.41, 5.74) is 0. The SMILES string of the molecule is CS/C=C/C(=O)N1CC(C)C1. The average Bonchev–Trinajstić information content (AvgIpc) is 1.94. The minimum Gasteiger partial charge on any atom is -0.338 e. The van der Waals surface area contributed by atoms with Crippen LogP contribution < -0.4 is 0 Å².